The lowest BCUT2D eigenvalue weighted by atomic mass is 10.1. The number of para-hydroxylation sites is 1. The largest absolute Gasteiger partial charge is 0.494 e. The molecule has 33 heavy (non-hydrogen) atoms. The fourth-order valence-corrected chi connectivity index (χ4v) is 4.26. The zero-order chi connectivity index (χ0) is 23.2. The second kappa shape index (κ2) is 10.2. The van der Waals surface area contributed by atoms with Crippen LogP contribution in [0.4, 0.5) is 0 Å². The Hall–Kier alpha value is -3.75. The number of ether oxygens (including phenoxy) is 1. The summed E-state index contributed by atoms with van der Waals surface area (Å²) in [5.41, 5.74) is 2.03. The third-order valence-electron chi connectivity index (χ3n) is 5.84. The normalized spacial score (nSPS) is 15.5. The maximum absolute atomic E-state index is 13.0. The minimum Gasteiger partial charge on any atom is -0.494 e. The van der Waals surface area contributed by atoms with Gasteiger partial charge in [-0.15, -0.1) is 5.10 Å². The van der Waals surface area contributed by atoms with Crippen LogP contribution >= 0.6 is 0 Å². The minimum atomic E-state index is -1.04. The van der Waals surface area contributed by atoms with Crippen molar-refractivity contribution in [1.82, 2.24) is 24.9 Å². The lowest BCUT2D eigenvalue weighted by Crippen LogP contribution is -2.38. The molecule has 1 saturated heterocycles. The number of rotatable bonds is 9. The Labute approximate surface area is 192 Å². The number of aromatic carboxylic acids is 1. The fourth-order valence-electron chi connectivity index (χ4n) is 4.26. The van der Waals surface area contributed by atoms with Crippen molar-refractivity contribution in [3.63, 3.8) is 0 Å². The van der Waals surface area contributed by atoms with Gasteiger partial charge in [-0.05, 0) is 43.9 Å². The van der Waals surface area contributed by atoms with Gasteiger partial charge in [0.25, 0.3) is 0 Å². The van der Waals surface area contributed by atoms with Crippen molar-refractivity contribution in [3.05, 3.63) is 60.0 Å². The molecule has 1 amide bonds. The topological polar surface area (TPSA) is 110 Å². The van der Waals surface area contributed by atoms with Gasteiger partial charge in [-0.3, -0.25) is 9.78 Å². The number of hydrogen-bond donors (Lipinski definition) is 1. The van der Waals surface area contributed by atoms with Gasteiger partial charge >= 0.3 is 5.97 Å². The molecule has 172 valence electrons. The van der Waals surface area contributed by atoms with Crippen molar-refractivity contribution in [1.29, 1.82) is 0 Å². The Morgan fingerprint density at radius 2 is 2.09 bits per heavy atom. The van der Waals surface area contributed by atoms with Crippen LogP contribution < -0.4 is 4.74 Å². The number of benzene rings is 1. The van der Waals surface area contributed by atoms with Gasteiger partial charge in [0.2, 0.25) is 5.91 Å². The number of pyridine rings is 1. The lowest BCUT2D eigenvalue weighted by molar-refractivity contribution is -0.132. The molecule has 9 nitrogen and oxygen atoms in total. The molecular weight excluding hydrogens is 422 g/mol. The monoisotopic (exact) mass is 449 g/mol. The number of carbonyl (C=O) groups is 2. The van der Waals surface area contributed by atoms with Crippen molar-refractivity contribution in [3.8, 4) is 17.0 Å². The number of amides is 1. The van der Waals surface area contributed by atoms with E-state index in [1.807, 2.05) is 36.1 Å². The number of carboxylic acid groups (broad SMARTS) is 1. The number of hydrogen-bond acceptors (Lipinski definition) is 6. The number of carbonyl (C=O) groups excluding carboxylic acids is 1. The Morgan fingerprint density at radius 3 is 2.91 bits per heavy atom. The average Bonchev–Trinajstić information content (AvgIpc) is 3.48. The highest BCUT2D eigenvalue weighted by atomic mass is 16.5. The number of aryl methyl sites for hydroxylation is 1. The summed E-state index contributed by atoms with van der Waals surface area (Å²) in [5, 5.41) is 17.7. The highest BCUT2D eigenvalue weighted by Crippen LogP contribution is 2.24. The minimum absolute atomic E-state index is 0.0297. The highest BCUT2D eigenvalue weighted by Gasteiger charge is 2.29. The summed E-state index contributed by atoms with van der Waals surface area (Å²) >= 11 is 0. The Kier molecular flexibility index (Phi) is 6.97. The van der Waals surface area contributed by atoms with Crippen molar-refractivity contribution in [2.24, 2.45) is 0 Å². The SMILES string of the molecule is CCOc1ccccc1CCC(=O)N1CCCC1Cn1cc(-c2cnccc2C(=O)O)nn1. The van der Waals surface area contributed by atoms with Crippen LogP contribution in [-0.2, 0) is 17.8 Å². The summed E-state index contributed by atoms with van der Waals surface area (Å²) in [5.74, 6) is -0.0953. The molecule has 0 aliphatic carbocycles. The quantitative estimate of drug-likeness (QED) is 0.534. The third-order valence-corrected chi connectivity index (χ3v) is 5.84. The number of aromatic nitrogens is 4. The average molecular weight is 450 g/mol. The van der Waals surface area contributed by atoms with Crippen molar-refractivity contribution in [2.75, 3.05) is 13.2 Å². The van der Waals surface area contributed by atoms with E-state index in [9.17, 15) is 14.7 Å². The van der Waals surface area contributed by atoms with Crippen LogP contribution in [0, 0.1) is 0 Å². The van der Waals surface area contributed by atoms with Crippen LogP contribution in [0.15, 0.2) is 48.9 Å². The maximum atomic E-state index is 13.0. The summed E-state index contributed by atoms with van der Waals surface area (Å²) in [4.78, 5) is 30.4. The molecule has 1 fully saturated rings. The lowest BCUT2D eigenvalue weighted by Gasteiger charge is -2.24. The van der Waals surface area contributed by atoms with Crippen LogP contribution in [-0.4, -0.2) is 61.1 Å². The van der Waals surface area contributed by atoms with E-state index in [-0.39, 0.29) is 17.5 Å². The Balaban J connectivity index is 1.41. The van der Waals surface area contributed by atoms with Gasteiger partial charge < -0.3 is 14.7 Å². The number of nitrogens with zero attached hydrogens (tertiary/aromatic N) is 5. The van der Waals surface area contributed by atoms with Crippen LogP contribution in [0.3, 0.4) is 0 Å². The fraction of sp³-hybridized carbons (Fsp3) is 0.375. The zero-order valence-corrected chi connectivity index (χ0v) is 18.6. The summed E-state index contributed by atoms with van der Waals surface area (Å²) < 4.78 is 7.35. The second-order valence-electron chi connectivity index (χ2n) is 7.98. The van der Waals surface area contributed by atoms with Gasteiger partial charge in [0.15, 0.2) is 0 Å². The van der Waals surface area contributed by atoms with Gasteiger partial charge in [-0.2, -0.15) is 0 Å². The Bertz CT molecular complexity index is 1130. The summed E-state index contributed by atoms with van der Waals surface area (Å²) in [6.45, 7) is 3.77. The summed E-state index contributed by atoms with van der Waals surface area (Å²) in [6, 6.07) is 9.30. The van der Waals surface area contributed by atoms with Crippen molar-refractivity contribution >= 4 is 11.9 Å². The predicted octanol–water partition coefficient (Wildman–Crippen LogP) is 3.06. The highest BCUT2D eigenvalue weighted by molar-refractivity contribution is 5.94. The van der Waals surface area contributed by atoms with Gasteiger partial charge in [0.1, 0.15) is 11.4 Å². The van der Waals surface area contributed by atoms with E-state index < -0.39 is 5.97 Å². The van der Waals surface area contributed by atoms with E-state index in [4.69, 9.17) is 4.74 Å². The molecule has 0 saturated carbocycles. The first-order valence-corrected chi connectivity index (χ1v) is 11.1. The standard InChI is InChI=1S/C24H27N5O4/c1-2-33-22-8-4-3-6-17(22)9-10-23(30)29-13-5-7-18(29)15-28-16-21(26-27-28)20-14-25-12-11-19(20)24(31)32/h3-4,6,8,11-12,14,16,18H,2,5,7,9-10,13,15H2,1H3,(H,31,32). The van der Waals surface area contributed by atoms with Crippen molar-refractivity contribution < 1.29 is 19.4 Å². The van der Waals surface area contributed by atoms with E-state index in [0.29, 0.717) is 37.3 Å². The number of likely N-dealkylation sites (tertiary alicyclic amines) is 1. The van der Waals surface area contributed by atoms with Crippen LogP contribution in [0.2, 0.25) is 0 Å². The molecule has 9 heteroatoms. The molecule has 1 atom stereocenters. The molecule has 1 N–H and O–H groups in total. The first-order valence-electron chi connectivity index (χ1n) is 11.1. The van der Waals surface area contributed by atoms with E-state index in [2.05, 4.69) is 15.3 Å². The molecule has 0 radical (unpaired) electrons. The van der Waals surface area contributed by atoms with Gasteiger partial charge in [0.05, 0.1) is 31.0 Å². The van der Waals surface area contributed by atoms with Crippen molar-refractivity contribution in [2.45, 2.75) is 45.2 Å². The first kappa shape index (κ1) is 22.4. The van der Waals surface area contributed by atoms with Crippen LogP contribution in [0.5, 0.6) is 5.75 Å². The molecule has 1 aliphatic rings. The van der Waals surface area contributed by atoms with E-state index in [0.717, 1.165) is 30.7 Å². The molecule has 3 aromatic rings. The van der Waals surface area contributed by atoms with Crippen LogP contribution in [0.1, 0.15) is 42.1 Å². The predicted molar refractivity (Wildman–Crippen MR) is 121 cm³/mol. The molecule has 0 bridgehead atoms. The van der Waals surface area contributed by atoms with E-state index in [1.54, 1.807) is 10.9 Å². The number of carboxylic acids is 1. The third kappa shape index (κ3) is 5.19. The Morgan fingerprint density at radius 1 is 1.24 bits per heavy atom. The second-order valence-corrected chi connectivity index (χ2v) is 7.98. The smallest absolute Gasteiger partial charge is 0.336 e. The molecule has 2 aromatic heterocycles. The molecule has 1 unspecified atom stereocenters. The van der Waals surface area contributed by atoms with Gasteiger partial charge in [-0.25, -0.2) is 9.48 Å². The zero-order valence-electron chi connectivity index (χ0n) is 18.6. The van der Waals surface area contributed by atoms with Gasteiger partial charge in [0, 0.05) is 30.9 Å². The molecule has 3 heterocycles. The van der Waals surface area contributed by atoms with E-state index >= 15 is 0 Å². The first-order chi connectivity index (χ1) is 16.1. The summed E-state index contributed by atoms with van der Waals surface area (Å²) in [6.07, 6.45) is 7.51. The maximum Gasteiger partial charge on any atom is 0.336 e. The summed E-state index contributed by atoms with van der Waals surface area (Å²) in [7, 11) is 0. The van der Waals surface area contributed by atoms with Crippen LogP contribution in [0.25, 0.3) is 11.3 Å². The van der Waals surface area contributed by atoms with Gasteiger partial charge in [-0.1, -0.05) is 23.4 Å². The molecule has 1 aromatic carbocycles. The molecule has 4 rings (SSSR count). The molecule has 0 spiro atoms. The molecular formula is C24H27N5O4. The molecule has 1 aliphatic heterocycles. The van der Waals surface area contributed by atoms with E-state index in [1.165, 1.54) is 18.5 Å².